The van der Waals surface area contributed by atoms with E-state index in [4.69, 9.17) is 9.26 Å². The number of ether oxygens (including phenoxy) is 1. The van der Waals surface area contributed by atoms with Crippen LogP contribution in [0.2, 0.25) is 0 Å². The van der Waals surface area contributed by atoms with Gasteiger partial charge in [-0.3, -0.25) is 0 Å². The fraction of sp³-hybridized carbons (Fsp3) is 0.250. The van der Waals surface area contributed by atoms with Gasteiger partial charge in [0.05, 0.1) is 5.56 Å². The fourth-order valence-electron chi connectivity index (χ4n) is 2.27. The highest BCUT2D eigenvalue weighted by atomic mass is 16.5. The molecule has 1 aromatic heterocycles. The second kappa shape index (κ2) is 5.93. The van der Waals surface area contributed by atoms with Gasteiger partial charge >= 0.3 is 0 Å². The largest absolute Gasteiger partial charge is 0.506 e. The van der Waals surface area contributed by atoms with E-state index in [1.165, 1.54) is 0 Å². The second-order valence-corrected chi connectivity index (χ2v) is 4.79. The van der Waals surface area contributed by atoms with Crippen LogP contribution in [0, 0.1) is 0 Å². The van der Waals surface area contributed by atoms with Crippen molar-refractivity contribution in [3.8, 4) is 17.2 Å². The summed E-state index contributed by atoms with van der Waals surface area (Å²) in [7, 11) is 1.66. The van der Waals surface area contributed by atoms with Crippen LogP contribution in [0.25, 0.3) is 22.2 Å². The van der Waals surface area contributed by atoms with E-state index >= 15 is 0 Å². The van der Waals surface area contributed by atoms with Crippen LogP contribution in [0.4, 0.5) is 0 Å². The number of rotatable bonds is 5. The Hall–Kier alpha value is -2.40. The number of benzene rings is 2. The van der Waals surface area contributed by atoms with Gasteiger partial charge in [0, 0.05) is 25.5 Å². The van der Waals surface area contributed by atoms with Gasteiger partial charge in [-0.25, -0.2) is 0 Å². The third-order valence-electron chi connectivity index (χ3n) is 3.35. The van der Waals surface area contributed by atoms with Crippen molar-refractivity contribution < 1.29 is 14.4 Å². The average Bonchev–Trinajstić information content (AvgIpc) is 2.97. The van der Waals surface area contributed by atoms with Gasteiger partial charge < -0.3 is 14.4 Å². The van der Waals surface area contributed by atoms with Crippen LogP contribution in [-0.4, -0.2) is 29.0 Å². The first-order valence-corrected chi connectivity index (χ1v) is 6.82. The summed E-state index contributed by atoms with van der Waals surface area (Å²) in [5.41, 5.74) is 0.555. The average molecular weight is 284 g/mol. The lowest BCUT2D eigenvalue weighted by Crippen LogP contribution is -1.94. The van der Waals surface area contributed by atoms with E-state index in [1.54, 1.807) is 13.2 Å². The lowest BCUT2D eigenvalue weighted by molar-refractivity contribution is 0.194. The van der Waals surface area contributed by atoms with Gasteiger partial charge in [-0.1, -0.05) is 35.5 Å². The van der Waals surface area contributed by atoms with Gasteiger partial charge in [0.15, 0.2) is 5.82 Å². The molecule has 3 rings (SSSR count). The minimum atomic E-state index is 0.167. The van der Waals surface area contributed by atoms with Crippen LogP contribution >= 0.6 is 0 Å². The highest BCUT2D eigenvalue weighted by molar-refractivity contribution is 5.93. The number of aromatic hydroxyl groups is 1. The molecular formula is C16H16N2O3. The number of nitrogens with zero attached hydrogens (tertiary/aromatic N) is 2. The minimum absolute atomic E-state index is 0.167. The maximum atomic E-state index is 10.4. The molecule has 0 aliphatic heterocycles. The molecule has 0 aliphatic carbocycles. The summed E-state index contributed by atoms with van der Waals surface area (Å²) >= 11 is 0. The quantitative estimate of drug-likeness (QED) is 0.729. The van der Waals surface area contributed by atoms with Crippen molar-refractivity contribution in [2.75, 3.05) is 13.7 Å². The van der Waals surface area contributed by atoms with E-state index in [9.17, 15) is 5.11 Å². The maximum Gasteiger partial charge on any atom is 0.261 e. The molecular weight excluding hydrogens is 268 g/mol. The number of phenols is 1. The van der Waals surface area contributed by atoms with E-state index in [1.807, 2.05) is 30.3 Å². The number of fused-ring (bicyclic) bond motifs is 1. The molecule has 5 heteroatoms. The monoisotopic (exact) mass is 284 g/mol. The topological polar surface area (TPSA) is 68.4 Å². The molecule has 0 aliphatic rings. The Bertz CT molecular complexity index is 752. The van der Waals surface area contributed by atoms with Crippen molar-refractivity contribution in [1.29, 1.82) is 0 Å². The number of phenolic OH excluding ortho intramolecular Hbond substituents is 1. The number of aryl methyl sites for hydroxylation is 1. The third-order valence-corrected chi connectivity index (χ3v) is 3.35. The summed E-state index contributed by atoms with van der Waals surface area (Å²) in [4.78, 5) is 4.33. The zero-order valence-corrected chi connectivity index (χ0v) is 11.7. The first-order chi connectivity index (χ1) is 10.3. The van der Waals surface area contributed by atoms with E-state index in [0.29, 0.717) is 30.3 Å². The summed E-state index contributed by atoms with van der Waals surface area (Å²) in [6, 6.07) is 11.4. The predicted octanol–water partition coefficient (Wildman–Crippen LogP) is 3.17. The number of aromatic nitrogens is 2. The van der Waals surface area contributed by atoms with Crippen LogP contribution in [0.15, 0.2) is 40.9 Å². The molecule has 0 unspecified atom stereocenters. The molecule has 5 nitrogen and oxygen atoms in total. The molecule has 0 atom stereocenters. The first kappa shape index (κ1) is 13.6. The molecule has 0 spiro atoms. The van der Waals surface area contributed by atoms with E-state index in [-0.39, 0.29) is 5.75 Å². The summed E-state index contributed by atoms with van der Waals surface area (Å²) in [5.74, 6) is 1.13. The van der Waals surface area contributed by atoms with Crippen LogP contribution in [0.1, 0.15) is 12.2 Å². The highest BCUT2D eigenvalue weighted by Gasteiger charge is 2.14. The Morgan fingerprint density at radius 2 is 2.05 bits per heavy atom. The second-order valence-electron chi connectivity index (χ2n) is 4.79. The normalized spacial score (nSPS) is 11.1. The van der Waals surface area contributed by atoms with Gasteiger partial charge in [0.25, 0.3) is 5.89 Å². The first-order valence-electron chi connectivity index (χ1n) is 6.82. The summed E-state index contributed by atoms with van der Waals surface area (Å²) < 4.78 is 10.2. The van der Waals surface area contributed by atoms with Crippen molar-refractivity contribution in [3.63, 3.8) is 0 Å². The molecule has 21 heavy (non-hydrogen) atoms. The smallest absolute Gasteiger partial charge is 0.261 e. The number of hydrogen-bond acceptors (Lipinski definition) is 5. The molecule has 2 aromatic carbocycles. The van der Waals surface area contributed by atoms with Gasteiger partial charge in [-0.15, -0.1) is 0 Å². The lowest BCUT2D eigenvalue weighted by Gasteiger charge is -2.04. The molecule has 0 bridgehead atoms. The molecule has 0 amide bonds. The van der Waals surface area contributed by atoms with E-state index in [0.717, 1.165) is 17.2 Å². The summed E-state index contributed by atoms with van der Waals surface area (Å²) in [5, 5.41) is 16.1. The number of methoxy groups -OCH3 is 1. The molecule has 108 valence electrons. The Balaban J connectivity index is 1.91. The zero-order chi connectivity index (χ0) is 14.7. The van der Waals surface area contributed by atoms with Crippen molar-refractivity contribution in [1.82, 2.24) is 10.1 Å². The maximum absolute atomic E-state index is 10.4. The molecule has 0 saturated heterocycles. The SMILES string of the molecule is COCCCc1noc(-c2ccc3ccccc3c2O)n1. The molecule has 1 heterocycles. The Morgan fingerprint density at radius 3 is 2.90 bits per heavy atom. The Labute approximate surface area is 122 Å². The van der Waals surface area contributed by atoms with Gasteiger partial charge in [-0.2, -0.15) is 4.98 Å². The molecule has 1 N–H and O–H groups in total. The molecule has 0 radical (unpaired) electrons. The minimum Gasteiger partial charge on any atom is -0.506 e. The third kappa shape index (κ3) is 2.73. The van der Waals surface area contributed by atoms with Crippen LogP contribution in [0.3, 0.4) is 0 Å². The number of hydrogen-bond donors (Lipinski definition) is 1. The lowest BCUT2D eigenvalue weighted by atomic mass is 10.1. The molecule has 0 fully saturated rings. The van der Waals surface area contributed by atoms with Gasteiger partial charge in [0.2, 0.25) is 0 Å². The Morgan fingerprint density at radius 1 is 1.19 bits per heavy atom. The van der Waals surface area contributed by atoms with E-state index in [2.05, 4.69) is 10.1 Å². The van der Waals surface area contributed by atoms with Crippen LogP contribution in [-0.2, 0) is 11.2 Å². The van der Waals surface area contributed by atoms with Gasteiger partial charge in [0.1, 0.15) is 5.75 Å². The zero-order valence-electron chi connectivity index (χ0n) is 11.7. The van der Waals surface area contributed by atoms with Crippen molar-refractivity contribution >= 4 is 10.8 Å². The van der Waals surface area contributed by atoms with Crippen LogP contribution < -0.4 is 0 Å². The Kier molecular flexibility index (Phi) is 3.83. The molecule has 3 aromatic rings. The van der Waals surface area contributed by atoms with Crippen molar-refractivity contribution in [2.45, 2.75) is 12.8 Å². The van der Waals surface area contributed by atoms with Gasteiger partial charge in [-0.05, 0) is 17.9 Å². The summed E-state index contributed by atoms with van der Waals surface area (Å²) in [6.07, 6.45) is 1.52. The van der Waals surface area contributed by atoms with Crippen molar-refractivity contribution in [3.05, 3.63) is 42.2 Å². The highest BCUT2D eigenvalue weighted by Crippen LogP contribution is 2.34. The fourth-order valence-corrected chi connectivity index (χ4v) is 2.27. The van der Waals surface area contributed by atoms with Crippen LogP contribution in [0.5, 0.6) is 5.75 Å². The summed E-state index contributed by atoms with van der Waals surface area (Å²) in [6.45, 7) is 0.658. The van der Waals surface area contributed by atoms with Crippen molar-refractivity contribution in [2.24, 2.45) is 0 Å². The van der Waals surface area contributed by atoms with E-state index < -0.39 is 0 Å². The molecule has 0 saturated carbocycles. The standard InChI is InChI=1S/C16H16N2O3/c1-20-10-4-7-14-17-16(21-18-14)13-9-8-11-5-2-3-6-12(11)15(13)19/h2-3,5-6,8-9,19H,4,7,10H2,1H3. The predicted molar refractivity (Wildman–Crippen MR) is 79.1 cm³/mol.